The predicted molar refractivity (Wildman–Crippen MR) is 115 cm³/mol. The number of phenolic OH excluding ortho intramolecular Hbond substituents is 1. The van der Waals surface area contributed by atoms with Crippen molar-refractivity contribution in [3.05, 3.63) is 36.7 Å². The van der Waals surface area contributed by atoms with Gasteiger partial charge in [-0.2, -0.15) is 15.0 Å². The fourth-order valence-corrected chi connectivity index (χ4v) is 4.78. The van der Waals surface area contributed by atoms with E-state index >= 15 is 0 Å². The van der Waals surface area contributed by atoms with Crippen LogP contribution >= 0.6 is 0 Å². The number of fused-ring (bicyclic) bond motifs is 1. The predicted octanol–water partition coefficient (Wildman–Crippen LogP) is 2.66. The maximum Gasteiger partial charge on any atom is 0.201 e. The van der Waals surface area contributed by atoms with Crippen molar-refractivity contribution < 1.29 is 5.11 Å². The molecule has 0 saturated carbocycles. The molecule has 31 heavy (non-hydrogen) atoms. The van der Waals surface area contributed by atoms with Crippen molar-refractivity contribution in [1.29, 1.82) is 0 Å². The van der Waals surface area contributed by atoms with Crippen molar-refractivity contribution in [1.82, 2.24) is 45.5 Å². The molecule has 0 amide bonds. The Labute approximate surface area is 179 Å². The zero-order valence-corrected chi connectivity index (χ0v) is 18.0. The molecule has 0 aliphatic carbocycles. The fraction of sp³-hybridized carbons (Fsp3) is 0.429. The summed E-state index contributed by atoms with van der Waals surface area (Å²) in [6.07, 6.45) is 5.00. The van der Waals surface area contributed by atoms with Gasteiger partial charge in [0.15, 0.2) is 0 Å². The van der Waals surface area contributed by atoms with Gasteiger partial charge in [-0.25, -0.2) is 4.68 Å². The minimum absolute atomic E-state index is 0.0188. The standard InChI is InChI=1S/C21H25N9O/c1-20(2)11-14(12-21(3,4)27-20)29-19-17(25-28-29)10-16(24-26-19)15-6-5-13(9-18(15)31)30-22-7-8-23-30/h5-10,14,27,31H,11-12H2,1-4H3. The molecule has 1 aliphatic rings. The molecule has 5 rings (SSSR count). The Morgan fingerprint density at radius 3 is 2.35 bits per heavy atom. The molecule has 0 bridgehead atoms. The number of piperidine rings is 1. The molecule has 4 heterocycles. The Kier molecular flexibility index (Phi) is 4.30. The second kappa shape index (κ2) is 6.81. The lowest BCUT2D eigenvalue weighted by Gasteiger charge is -2.46. The molecular formula is C21H25N9O. The largest absolute Gasteiger partial charge is 0.507 e. The van der Waals surface area contributed by atoms with Crippen LogP contribution in [-0.2, 0) is 0 Å². The average molecular weight is 419 g/mol. The third-order valence-electron chi connectivity index (χ3n) is 5.64. The van der Waals surface area contributed by atoms with E-state index in [1.165, 1.54) is 4.80 Å². The van der Waals surface area contributed by atoms with Gasteiger partial charge in [-0.15, -0.1) is 15.3 Å². The number of hydrogen-bond donors (Lipinski definition) is 2. The minimum Gasteiger partial charge on any atom is -0.507 e. The van der Waals surface area contributed by atoms with Crippen molar-refractivity contribution in [2.24, 2.45) is 0 Å². The number of aromatic hydroxyl groups is 1. The number of aromatic nitrogens is 8. The Morgan fingerprint density at radius 2 is 1.68 bits per heavy atom. The Hall–Kier alpha value is -3.40. The number of benzene rings is 1. The molecule has 0 radical (unpaired) electrons. The van der Waals surface area contributed by atoms with Crippen LogP contribution in [0.1, 0.15) is 46.6 Å². The zero-order chi connectivity index (χ0) is 21.8. The Balaban J connectivity index is 1.49. The lowest BCUT2D eigenvalue weighted by atomic mass is 9.80. The van der Waals surface area contributed by atoms with Gasteiger partial charge in [0, 0.05) is 22.7 Å². The van der Waals surface area contributed by atoms with E-state index in [1.807, 2.05) is 16.8 Å². The summed E-state index contributed by atoms with van der Waals surface area (Å²) in [5.74, 6) is 0.0673. The summed E-state index contributed by atoms with van der Waals surface area (Å²) in [5, 5.41) is 40.0. The highest BCUT2D eigenvalue weighted by Gasteiger charge is 2.39. The quantitative estimate of drug-likeness (QED) is 0.520. The van der Waals surface area contributed by atoms with E-state index in [2.05, 4.69) is 63.7 Å². The highest BCUT2D eigenvalue weighted by atomic mass is 16.3. The Bertz CT molecular complexity index is 1230. The smallest absolute Gasteiger partial charge is 0.201 e. The molecule has 1 fully saturated rings. The fourth-order valence-electron chi connectivity index (χ4n) is 4.78. The van der Waals surface area contributed by atoms with Crippen LogP contribution in [0.2, 0.25) is 0 Å². The molecule has 0 unspecified atom stereocenters. The molecule has 4 aromatic rings. The van der Waals surface area contributed by atoms with E-state index in [0.29, 0.717) is 28.1 Å². The normalized spacial score (nSPS) is 18.5. The molecule has 10 heteroatoms. The monoisotopic (exact) mass is 419 g/mol. The van der Waals surface area contributed by atoms with E-state index in [9.17, 15) is 5.11 Å². The second-order valence-corrected chi connectivity index (χ2v) is 9.45. The van der Waals surface area contributed by atoms with Crippen LogP contribution in [0.3, 0.4) is 0 Å². The van der Waals surface area contributed by atoms with Gasteiger partial charge in [0.2, 0.25) is 5.65 Å². The van der Waals surface area contributed by atoms with Crippen molar-refractivity contribution in [2.75, 3.05) is 0 Å². The second-order valence-electron chi connectivity index (χ2n) is 9.45. The first-order valence-electron chi connectivity index (χ1n) is 10.3. The molecule has 0 spiro atoms. The first kappa shape index (κ1) is 19.6. The van der Waals surface area contributed by atoms with E-state index < -0.39 is 0 Å². The summed E-state index contributed by atoms with van der Waals surface area (Å²) >= 11 is 0. The maximum absolute atomic E-state index is 10.6. The van der Waals surface area contributed by atoms with Gasteiger partial charge >= 0.3 is 0 Å². The highest BCUT2D eigenvalue weighted by molar-refractivity contribution is 5.77. The number of rotatable bonds is 3. The molecule has 160 valence electrons. The van der Waals surface area contributed by atoms with E-state index in [0.717, 1.165) is 12.8 Å². The maximum atomic E-state index is 10.6. The number of nitrogens with zero attached hydrogens (tertiary/aromatic N) is 8. The lowest BCUT2D eigenvalue weighted by molar-refractivity contribution is 0.127. The van der Waals surface area contributed by atoms with Crippen molar-refractivity contribution in [3.63, 3.8) is 0 Å². The van der Waals surface area contributed by atoms with Crippen LogP contribution in [0.4, 0.5) is 0 Å². The summed E-state index contributed by atoms with van der Waals surface area (Å²) in [6.45, 7) is 8.81. The number of nitrogens with one attached hydrogen (secondary N) is 1. The van der Waals surface area contributed by atoms with Gasteiger partial charge in [-0.05, 0) is 58.7 Å². The van der Waals surface area contributed by atoms with Gasteiger partial charge in [0.1, 0.15) is 11.3 Å². The first-order valence-corrected chi connectivity index (χ1v) is 10.3. The summed E-state index contributed by atoms with van der Waals surface area (Å²) in [7, 11) is 0. The average Bonchev–Trinajstić information content (AvgIpc) is 3.35. The summed E-state index contributed by atoms with van der Waals surface area (Å²) in [4.78, 5) is 1.44. The zero-order valence-electron chi connectivity index (χ0n) is 18.0. The highest BCUT2D eigenvalue weighted by Crippen LogP contribution is 2.37. The van der Waals surface area contributed by atoms with Gasteiger partial charge in [0.25, 0.3) is 0 Å². The molecule has 1 saturated heterocycles. The molecule has 10 nitrogen and oxygen atoms in total. The molecule has 0 atom stereocenters. The van der Waals surface area contributed by atoms with Crippen LogP contribution in [0.25, 0.3) is 28.1 Å². The summed E-state index contributed by atoms with van der Waals surface area (Å²) in [5.41, 5.74) is 3.01. The summed E-state index contributed by atoms with van der Waals surface area (Å²) in [6, 6.07) is 7.16. The number of hydrogen-bond acceptors (Lipinski definition) is 8. The van der Waals surface area contributed by atoms with Gasteiger partial charge in [-0.1, -0.05) is 5.21 Å². The number of phenols is 1. The van der Waals surface area contributed by atoms with Crippen molar-refractivity contribution >= 4 is 11.2 Å². The van der Waals surface area contributed by atoms with Crippen LogP contribution in [-0.4, -0.2) is 56.4 Å². The van der Waals surface area contributed by atoms with Crippen LogP contribution in [0.15, 0.2) is 36.7 Å². The van der Waals surface area contributed by atoms with E-state index in [-0.39, 0.29) is 22.9 Å². The van der Waals surface area contributed by atoms with E-state index in [1.54, 1.807) is 24.5 Å². The van der Waals surface area contributed by atoms with Crippen LogP contribution in [0, 0.1) is 0 Å². The third kappa shape index (κ3) is 3.63. The minimum atomic E-state index is -0.0188. The lowest BCUT2D eigenvalue weighted by Crippen LogP contribution is -2.58. The SMILES string of the molecule is CC1(C)CC(n2nnc3cc(-c4ccc(-n5nccn5)cc4O)nnc32)CC(C)(C)N1. The van der Waals surface area contributed by atoms with Gasteiger partial charge in [-0.3, -0.25) is 0 Å². The molecular weight excluding hydrogens is 394 g/mol. The summed E-state index contributed by atoms with van der Waals surface area (Å²) < 4.78 is 1.89. The van der Waals surface area contributed by atoms with Crippen LogP contribution in [0.5, 0.6) is 5.75 Å². The molecule has 1 aromatic carbocycles. The van der Waals surface area contributed by atoms with Gasteiger partial charge in [0.05, 0.1) is 29.8 Å². The first-order chi connectivity index (χ1) is 14.7. The van der Waals surface area contributed by atoms with Crippen molar-refractivity contribution in [2.45, 2.75) is 57.7 Å². The molecule has 1 aliphatic heterocycles. The van der Waals surface area contributed by atoms with Crippen LogP contribution < -0.4 is 5.32 Å². The van der Waals surface area contributed by atoms with E-state index in [4.69, 9.17) is 0 Å². The molecule has 3 aromatic heterocycles. The Morgan fingerprint density at radius 1 is 0.968 bits per heavy atom. The van der Waals surface area contributed by atoms with Crippen molar-refractivity contribution in [3.8, 4) is 22.7 Å². The molecule has 2 N–H and O–H groups in total. The van der Waals surface area contributed by atoms with Gasteiger partial charge < -0.3 is 10.4 Å². The third-order valence-corrected chi connectivity index (χ3v) is 5.64. The topological polar surface area (TPSA) is 119 Å².